The number of nitrogens with zero attached hydrogens (tertiary/aromatic N) is 2. The van der Waals surface area contributed by atoms with Gasteiger partial charge in [-0.05, 0) is 62.0 Å². The number of phenolic OH excluding ortho intramolecular Hbond substituents is 1. The van der Waals surface area contributed by atoms with Gasteiger partial charge in [-0.25, -0.2) is 9.59 Å². The predicted octanol–water partition coefficient (Wildman–Crippen LogP) is 3.55. The lowest BCUT2D eigenvalue weighted by Crippen LogP contribution is -2.36. The second-order valence-electron chi connectivity index (χ2n) is 9.15. The number of amides is 3. The van der Waals surface area contributed by atoms with E-state index in [2.05, 4.69) is 26.2 Å². The Morgan fingerprint density at radius 3 is 2.78 bits per heavy atom. The van der Waals surface area contributed by atoms with Gasteiger partial charge in [0.2, 0.25) is 5.91 Å². The highest BCUT2D eigenvalue weighted by Crippen LogP contribution is 2.33. The summed E-state index contributed by atoms with van der Waals surface area (Å²) in [6, 6.07) is 5.42. The Hall–Kier alpha value is -3.34. The summed E-state index contributed by atoms with van der Waals surface area (Å²) in [5.41, 5.74) is 2.22. The van der Waals surface area contributed by atoms with Crippen LogP contribution >= 0.6 is 11.8 Å². The molecule has 2 fully saturated rings. The summed E-state index contributed by atoms with van der Waals surface area (Å²) >= 11 is 1.88. The number of fused-ring (bicyclic) bond motifs is 1. The predicted molar refractivity (Wildman–Crippen MR) is 136 cm³/mol. The first kappa shape index (κ1) is 25.7. The van der Waals surface area contributed by atoms with Crippen LogP contribution in [0.4, 0.5) is 10.5 Å². The van der Waals surface area contributed by atoms with Gasteiger partial charge in [0.05, 0.1) is 17.8 Å². The minimum absolute atomic E-state index is 0.00408. The number of thioether (sulfide) groups is 1. The van der Waals surface area contributed by atoms with Crippen molar-refractivity contribution >= 4 is 35.4 Å². The molecule has 5 N–H and O–H groups in total. The Balaban J connectivity index is 1.16. The fraction of sp³-hybridized carbons (Fsp3) is 0.480. The van der Waals surface area contributed by atoms with Crippen molar-refractivity contribution in [2.75, 3.05) is 12.3 Å². The highest BCUT2D eigenvalue weighted by molar-refractivity contribution is 8.00. The number of benzene rings is 1. The van der Waals surface area contributed by atoms with Crippen molar-refractivity contribution in [1.82, 2.24) is 16.0 Å². The molecule has 2 heterocycles. The van der Waals surface area contributed by atoms with E-state index in [9.17, 15) is 19.5 Å². The van der Waals surface area contributed by atoms with Gasteiger partial charge in [-0.3, -0.25) is 4.79 Å². The smallest absolute Gasteiger partial charge is 0.331 e. The molecule has 0 bridgehead atoms. The molecule has 2 aliphatic heterocycles. The van der Waals surface area contributed by atoms with E-state index in [-0.39, 0.29) is 29.8 Å². The first-order chi connectivity index (χ1) is 17.4. The summed E-state index contributed by atoms with van der Waals surface area (Å²) in [5.74, 6) is 0.0282. The molecular weight excluding hydrogens is 482 g/mol. The lowest BCUT2D eigenvalue weighted by Gasteiger charge is -2.16. The molecule has 10 nitrogen and oxygen atoms in total. The molecule has 0 radical (unpaired) electrons. The molecule has 1 aromatic carbocycles. The molecule has 11 heteroatoms. The van der Waals surface area contributed by atoms with Crippen molar-refractivity contribution in [3.8, 4) is 5.75 Å². The third kappa shape index (κ3) is 6.87. The van der Waals surface area contributed by atoms with Crippen LogP contribution in [0.25, 0.3) is 0 Å². The minimum atomic E-state index is -0.932. The van der Waals surface area contributed by atoms with E-state index < -0.39 is 5.97 Å². The average molecular weight is 514 g/mol. The third-order valence-electron chi connectivity index (χ3n) is 6.54. The second kappa shape index (κ2) is 12.1. The standard InChI is InChI=1S/C25H31N5O5S/c31-20-10-5-15(13-18(20)30-29-17-8-6-16(7-9-17)24(33)34)11-12-26-22(32)4-2-1-3-21-23-19(14-36-21)27-25(35)28-23/h5-6,8,10,13,19,21,23,31H,1-4,7,9,11-12,14H2,(H,26,32)(H,33,34)(H2,27,28,35)/b30-29+. The van der Waals surface area contributed by atoms with Gasteiger partial charge in [-0.15, -0.1) is 5.11 Å². The van der Waals surface area contributed by atoms with Gasteiger partial charge >= 0.3 is 12.0 Å². The van der Waals surface area contributed by atoms with Gasteiger partial charge in [-0.2, -0.15) is 16.9 Å². The SMILES string of the molecule is O=C(CCCCC1SCC2NC(=O)NC21)NCCc1ccc(O)c(/N=N/C2=CC=C(C(=O)O)CC2)c1. The zero-order valence-electron chi connectivity index (χ0n) is 19.9. The minimum Gasteiger partial charge on any atom is -0.506 e. The molecule has 2 saturated heterocycles. The Morgan fingerprint density at radius 2 is 2.00 bits per heavy atom. The number of hydrogen-bond acceptors (Lipinski definition) is 7. The molecule has 1 aromatic rings. The molecular formula is C25H31N5O5S. The van der Waals surface area contributed by atoms with E-state index in [1.165, 1.54) is 6.08 Å². The van der Waals surface area contributed by atoms with E-state index in [0.29, 0.717) is 54.4 Å². The number of azo groups is 1. The Bertz CT molecular complexity index is 1100. The van der Waals surface area contributed by atoms with Crippen molar-refractivity contribution in [2.24, 2.45) is 10.2 Å². The topological polar surface area (TPSA) is 152 Å². The van der Waals surface area contributed by atoms with Crippen LogP contribution in [-0.2, 0) is 16.0 Å². The number of unbranched alkanes of at least 4 members (excludes halogenated alkanes) is 1. The number of urea groups is 1. The van der Waals surface area contributed by atoms with Gasteiger partial charge in [-0.1, -0.05) is 12.5 Å². The summed E-state index contributed by atoms with van der Waals surface area (Å²) in [5, 5.41) is 36.7. The molecule has 1 aliphatic carbocycles. The van der Waals surface area contributed by atoms with Crippen LogP contribution in [0.2, 0.25) is 0 Å². The van der Waals surface area contributed by atoms with Crippen LogP contribution in [0.1, 0.15) is 44.1 Å². The van der Waals surface area contributed by atoms with E-state index in [1.807, 2.05) is 11.8 Å². The molecule has 3 aliphatic rings. The van der Waals surface area contributed by atoms with Crippen LogP contribution < -0.4 is 16.0 Å². The number of rotatable bonds is 11. The molecule has 0 aromatic heterocycles. The van der Waals surface area contributed by atoms with E-state index >= 15 is 0 Å². The molecule has 3 amide bonds. The van der Waals surface area contributed by atoms with E-state index in [1.54, 1.807) is 24.3 Å². The summed E-state index contributed by atoms with van der Waals surface area (Å²) in [6.07, 6.45) is 7.82. The maximum absolute atomic E-state index is 12.2. The number of phenols is 1. The monoisotopic (exact) mass is 513 g/mol. The van der Waals surface area contributed by atoms with Crippen LogP contribution in [0, 0.1) is 0 Å². The zero-order chi connectivity index (χ0) is 25.5. The second-order valence-corrected chi connectivity index (χ2v) is 10.4. The summed E-state index contributed by atoms with van der Waals surface area (Å²) in [4.78, 5) is 34.7. The highest BCUT2D eigenvalue weighted by Gasteiger charge is 2.42. The van der Waals surface area contributed by atoms with Crippen molar-refractivity contribution in [2.45, 2.75) is 62.3 Å². The van der Waals surface area contributed by atoms with Crippen LogP contribution in [0.15, 0.2) is 51.8 Å². The fourth-order valence-corrected chi connectivity index (χ4v) is 6.06. The number of carboxylic acid groups (broad SMARTS) is 1. The van der Waals surface area contributed by atoms with Crippen LogP contribution in [0.5, 0.6) is 5.75 Å². The van der Waals surface area contributed by atoms with Crippen molar-refractivity contribution < 1.29 is 24.6 Å². The third-order valence-corrected chi connectivity index (χ3v) is 8.05. The normalized spacial score (nSPS) is 23.0. The van der Waals surface area contributed by atoms with Gasteiger partial charge in [0, 0.05) is 29.5 Å². The van der Waals surface area contributed by atoms with Crippen molar-refractivity contribution in [1.29, 1.82) is 0 Å². The quantitative estimate of drug-likeness (QED) is 0.173. The number of aromatic hydroxyl groups is 1. The van der Waals surface area contributed by atoms with Crippen LogP contribution in [0.3, 0.4) is 0 Å². The van der Waals surface area contributed by atoms with Crippen LogP contribution in [-0.4, -0.2) is 57.8 Å². The van der Waals surface area contributed by atoms with Gasteiger partial charge < -0.3 is 26.2 Å². The molecule has 3 atom stereocenters. The summed E-state index contributed by atoms with van der Waals surface area (Å²) in [6.45, 7) is 0.480. The van der Waals surface area contributed by atoms with Crippen molar-refractivity contribution in [3.63, 3.8) is 0 Å². The van der Waals surface area contributed by atoms with E-state index in [4.69, 9.17) is 5.11 Å². The summed E-state index contributed by atoms with van der Waals surface area (Å²) in [7, 11) is 0. The summed E-state index contributed by atoms with van der Waals surface area (Å²) < 4.78 is 0. The maximum atomic E-state index is 12.2. The molecule has 3 unspecified atom stereocenters. The Labute approximate surface area is 213 Å². The number of carboxylic acids is 1. The molecule has 0 spiro atoms. The number of hydrogen-bond donors (Lipinski definition) is 5. The number of carbonyl (C=O) groups excluding carboxylic acids is 2. The lowest BCUT2D eigenvalue weighted by molar-refractivity contribution is -0.132. The lowest BCUT2D eigenvalue weighted by atomic mass is 10.0. The Morgan fingerprint density at radius 1 is 1.14 bits per heavy atom. The first-order valence-corrected chi connectivity index (χ1v) is 13.3. The number of allylic oxidation sites excluding steroid dienone is 3. The molecule has 36 heavy (non-hydrogen) atoms. The molecule has 4 rings (SSSR count). The van der Waals surface area contributed by atoms with Gasteiger partial charge in [0.1, 0.15) is 11.4 Å². The van der Waals surface area contributed by atoms with Gasteiger partial charge in [0.15, 0.2) is 0 Å². The number of nitrogens with one attached hydrogen (secondary N) is 3. The molecule has 0 saturated carbocycles. The number of aliphatic carboxylic acids is 1. The van der Waals surface area contributed by atoms with Crippen molar-refractivity contribution in [3.05, 3.63) is 47.2 Å². The first-order valence-electron chi connectivity index (χ1n) is 12.2. The zero-order valence-corrected chi connectivity index (χ0v) is 20.7. The van der Waals surface area contributed by atoms with Gasteiger partial charge in [0.25, 0.3) is 0 Å². The molecule has 192 valence electrons. The highest BCUT2D eigenvalue weighted by atomic mass is 32.2. The largest absolute Gasteiger partial charge is 0.506 e. The average Bonchev–Trinajstić information content (AvgIpc) is 3.41. The number of carbonyl (C=O) groups is 3. The maximum Gasteiger partial charge on any atom is 0.331 e. The fourth-order valence-electron chi connectivity index (χ4n) is 4.52. The van der Waals surface area contributed by atoms with E-state index in [0.717, 1.165) is 30.6 Å². The Kier molecular flexibility index (Phi) is 8.63.